The van der Waals surface area contributed by atoms with Gasteiger partial charge >= 0.3 is 5.97 Å². The second kappa shape index (κ2) is 3.95. The summed E-state index contributed by atoms with van der Waals surface area (Å²) in [6.45, 7) is 2.49. The molecule has 1 aliphatic heterocycles. The maximum absolute atomic E-state index is 10.9. The summed E-state index contributed by atoms with van der Waals surface area (Å²) in [5.41, 5.74) is 5.26. The Labute approximate surface area is 64.3 Å². The van der Waals surface area contributed by atoms with Gasteiger partial charge in [0.15, 0.2) is 0 Å². The van der Waals surface area contributed by atoms with E-state index in [0.717, 1.165) is 0 Å². The molecule has 11 heavy (non-hydrogen) atoms. The van der Waals surface area contributed by atoms with Gasteiger partial charge in [0.1, 0.15) is 5.70 Å². The van der Waals surface area contributed by atoms with Crippen LogP contribution in [0.15, 0.2) is 11.8 Å². The molecule has 5 nitrogen and oxygen atoms in total. The average Bonchev–Trinajstić information content (AvgIpc) is 2.07. The molecule has 62 valence electrons. The summed E-state index contributed by atoms with van der Waals surface area (Å²) in [7, 11) is 0. The van der Waals surface area contributed by atoms with Crippen LogP contribution in [0.4, 0.5) is 0 Å². The van der Waals surface area contributed by atoms with Crippen LogP contribution in [-0.2, 0) is 14.4 Å². The van der Waals surface area contributed by atoms with Gasteiger partial charge < -0.3 is 4.74 Å². The van der Waals surface area contributed by atoms with E-state index in [0.29, 0.717) is 18.9 Å². The first kappa shape index (κ1) is 8.03. The van der Waals surface area contributed by atoms with Crippen molar-refractivity contribution in [1.29, 1.82) is 0 Å². The van der Waals surface area contributed by atoms with Crippen molar-refractivity contribution in [3.8, 4) is 0 Å². The highest BCUT2D eigenvalue weighted by Gasteiger charge is 2.11. The number of hydrogen-bond donors (Lipinski definition) is 2. The molecule has 1 rings (SSSR count). The SMILES string of the molecule is CCOC(=O)C1=CCONN1. The van der Waals surface area contributed by atoms with E-state index in [1.807, 2.05) is 0 Å². The second-order valence-electron chi connectivity index (χ2n) is 1.88. The highest BCUT2D eigenvalue weighted by molar-refractivity contribution is 5.87. The van der Waals surface area contributed by atoms with E-state index in [1.165, 1.54) is 0 Å². The number of carbonyl (C=O) groups excluding carboxylic acids is 1. The van der Waals surface area contributed by atoms with E-state index in [9.17, 15) is 4.79 Å². The fourth-order valence-electron chi connectivity index (χ4n) is 0.652. The third-order valence-corrected chi connectivity index (χ3v) is 1.12. The smallest absolute Gasteiger partial charge is 0.355 e. The standard InChI is InChI=1S/C6H10N2O3/c1-2-10-6(9)5-3-4-11-8-7-5/h3,7-8H,2,4H2,1H3. The minimum Gasteiger partial charge on any atom is -0.461 e. The van der Waals surface area contributed by atoms with Crippen LogP contribution in [0, 0.1) is 0 Å². The van der Waals surface area contributed by atoms with Gasteiger partial charge in [-0.05, 0) is 13.0 Å². The first-order chi connectivity index (χ1) is 5.34. The molecule has 0 aromatic rings. The van der Waals surface area contributed by atoms with Gasteiger partial charge in [-0.1, -0.05) is 0 Å². The summed E-state index contributed by atoms with van der Waals surface area (Å²) < 4.78 is 4.72. The van der Waals surface area contributed by atoms with Crippen LogP contribution in [0.25, 0.3) is 0 Å². The Bertz CT molecular complexity index is 179. The summed E-state index contributed by atoms with van der Waals surface area (Å²) in [5, 5.41) is 0. The van der Waals surface area contributed by atoms with E-state index >= 15 is 0 Å². The first-order valence-electron chi connectivity index (χ1n) is 3.34. The molecule has 0 spiro atoms. The molecule has 0 fully saturated rings. The average molecular weight is 158 g/mol. The second-order valence-corrected chi connectivity index (χ2v) is 1.88. The molecular weight excluding hydrogens is 148 g/mol. The lowest BCUT2D eigenvalue weighted by Crippen LogP contribution is -2.38. The Morgan fingerprint density at radius 1 is 1.91 bits per heavy atom. The predicted octanol–water partition coefficient (Wildman–Crippen LogP) is -0.527. The van der Waals surface area contributed by atoms with Gasteiger partial charge in [-0.2, -0.15) is 0 Å². The van der Waals surface area contributed by atoms with Crippen molar-refractivity contribution in [3.05, 3.63) is 11.8 Å². The molecule has 0 radical (unpaired) electrons. The maximum Gasteiger partial charge on any atom is 0.355 e. The molecule has 2 N–H and O–H groups in total. The molecule has 0 aromatic heterocycles. The van der Waals surface area contributed by atoms with E-state index in [1.54, 1.807) is 13.0 Å². The van der Waals surface area contributed by atoms with E-state index in [2.05, 4.69) is 15.9 Å². The summed E-state index contributed by atoms with van der Waals surface area (Å²) in [6, 6.07) is 0. The zero-order valence-corrected chi connectivity index (χ0v) is 6.22. The Kier molecular flexibility index (Phi) is 2.88. The molecule has 5 heteroatoms. The number of ether oxygens (including phenoxy) is 1. The van der Waals surface area contributed by atoms with Crippen molar-refractivity contribution in [2.45, 2.75) is 6.92 Å². The third kappa shape index (κ3) is 2.21. The molecule has 0 aliphatic carbocycles. The highest BCUT2D eigenvalue weighted by atomic mass is 16.7. The Morgan fingerprint density at radius 3 is 3.27 bits per heavy atom. The fraction of sp³-hybridized carbons (Fsp3) is 0.500. The normalized spacial score (nSPS) is 16.6. The van der Waals surface area contributed by atoms with Gasteiger partial charge in [0.25, 0.3) is 0 Å². The monoisotopic (exact) mass is 158 g/mol. The summed E-state index contributed by atoms with van der Waals surface area (Å²) in [5.74, 6) is -0.372. The van der Waals surface area contributed by atoms with Crippen molar-refractivity contribution in [1.82, 2.24) is 11.0 Å². The lowest BCUT2D eigenvalue weighted by molar-refractivity contribution is -0.140. The van der Waals surface area contributed by atoms with Crippen LogP contribution >= 0.6 is 0 Å². The van der Waals surface area contributed by atoms with Crippen molar-refractivity contribution in [3.63, 3.8) is 0 Å². The zero-order chi connectivity index (χ0) is 8.10. The highest BCUT2D eigenvalue weighted by Crippen LogP contribution is 1.95. The number of rotatable bonds is 2. The number of hydrazine groups is 1. The quantitative estimate of drug-likeness (QED) is 0.529. The van der Waals surface area contributed by atoms with Gasteiger partial charge in [0, 0.05) is 0 Å². The molecule has 0 atom stereocenters. The van der Waals surface area contributed by atoms with Crippen LogP contribution in [0.3, 0.4) is 0 Å². The van der Waals surface area contributed by atoms with Crippen molar-refractivity contribution < 1.29 is 14.4 Å². The molecule has 0 amide bonds. The predicted molar refractivity (Wildman–Crippen MR) is 36.9 cm³/mol. The third-order valence-electron chi connectivity index (χ3n) is 1.12. The fourth-order valence-corrected chi connectivity index (χ4v) is 0.652. The first-order valence-corrected chi connectivity index (χ1v) is 3.34. The number of hydrogen-bond acceptors (Lipinski definition) is 5. The van der Waals surface area contributed by atoms with Gasteiger partial charge in [-0.15, -0.1) is 5.59 Å². The molecule has 0 unspecified atom stereocenters. The minimum atomic E-state index is -0.372. The van der Waals surface area contributed by atoms with E-state index < -0.39 is 0 Å². The Hall–Kier alpha value is -1.07. The maximum atomic E-state index is 10.9. The summed E-state index contributed by atoms with van der Waals surface area (Å²) >= 11 is 0. The van der Waals surface area contributed by atoms with Crippen LogP contribution in [-0.4, -0.2) is 19.2 Å². The minimum absolute atomic E-state index is 0.362. The molecule has 0 aromatic carbocycles. The molecule has 0 saturated heterocycles. The van der Waals surface area contributed by atoms with Gasteiger partial charge in [0.05, 0.1) is 13.2 Å². The molecule has 0 saturated carbocycles. The molecule has 0 bridgehead atoms. The van der Waals surface area contributed by atoms with Crippen molar-refractivity contribution in [2.75, 3.05) is 13.2 Å². The van der Waals surface area contributed by atoms with Crippen molar-refractivity contribution in [2.24, 2.45) is 0 Å². The van der Waals surface area contributed by atoms with E-state index in [4.69, 9.17) is 4.74 Å². The number of carbonyl (C=O) groups is 1. The van der Waals surface area contributed by atoms with Gasteiger partial charge in [-0.25, -0.2) is 4.79 Å². The Morgan fingerprint density at radius 2 is 2.73 bits per heavy atom. The van der Waals surface area contributed by atoms with Crippen molar-refractivity contribution >= 4 is 5.97 Å². The van der Waals surface area contributed by atoms with Crippen LogP contribution in [0.2, 0.25) is 0 Å². The molecular formula is C6H10N2O3. The number of esters is 1. The summed E-state index contributed by atoms with van der Waals surface area (Å²) in [6.07, 6.45) is 1.61. The van der Waals surface area contributed by atoms with E-state index in [-0.39, 0.29) is 5.97 Å². The molecule has 1 heterocycles. The largest absolute Gasteiger partial charge is 0.461 e. The topological polar surface area (TPSA) is 59.6 Å². The van der Waals surface area contributed by atoms with Gasteiger partial charge in [-0.3, -0.25) is 10.3 Å². The van der Waals surface area contributed by atoms with Gasteiger partial charge in [0.2, 0.25) is 0 Å². The van der Waals surface area contributed by atoms with Crippen LogP contribution in [0.5, 0.6) is 0 Å². The zero-order valence-electron chi connectivity index (χ0n) is 6.22. The lowest BCUT2D eigenvalue weighted by atomic mass is 10.4. The van der Waals surface area contributed by atoms with Crippen LogP contribution < -0.4 is 11.0 Å². The molecule has 1 aliphatic rings. The number of nitrogens with one attached hydrogen (secondary N) is 2. The summed E-state index contributed by atoms with van der Waals surface area (Å²) in [4.78, 5) is 15.6. The van der Waals surface area contributed by atoms with Crippen LogP contribution in [0.1, 0.15) is 6.92 Å². The lowest BCUT2D eigenvalue weighted by Gasteiger charge is -2.14. The Balaban J connectivity index is 2.44.